The topological polar surface area (TPSA) is 98.5 Å². The molecule has 0 saturated heterocycles. The van der Waals surface area contributed by atoms with E-state index in [-0.39, 0.29) is 36.4 Å². The molecule has 0 fully saturated rings. The minimum atomic E-state index is -0.935. The number of imidazole rings is 1. The van der Waals surface area contributed by atoms with Crippen LogP contribution in [0.3, 0.4) is 0 Å². The van der Waals surface area contributed by atoms with E-state index in [1.54, 1.807) is 36.0 Å². The molecule has 0 bridgehead atoms. The number of ether oxygens (including phenoxy) is 1. The van der Waals surface area contributed by atoms with Gasteiger partial charge in [0.1, 0.15) is 5.75 Å². The molecule has 1 aromatic heterocycles. The van der Waals surface area contributed by atoms with Gasteiger partial charge in [0.25, 0.3) is 0 Å². The molecule has 0 saturated carbocycles. The highest BCUT2D eigenvalue weighted by Gasteiger charge is 2.23. The van der Waals surface area contributed by atoms with Gasteiger partial charge in [-0.3, -0.25) is 14.4 Å². The maximum atomic E-state index is 13.3. The summed E-state index contributed by atoms with van der Waals surface area (Å²) in [6.45, 7) is 9.28. The first-order valence-corrected chi connectivity index (χ1v) is 12.4. The van der Waals surface area contributed by atoms with E-state index < -0.39 is 5.97 Å². The molecule has 1 unspecified atom stereocenters. The monoisotopic (exact) mass is 522 g/mol. The molecule has 0 aliphatic heterocycles. The molecule has 2 aromatic carbocycles. The summed E-state index contributed by atoms with van der Waals surface area (Å²) in [5.41, 5.74) is 3.16. The number of halogens is 1. The fourth-order valence-corrected chi connectivity index (χ4v) is 4.31. The van der Waals surface area contributed by atoms with E-state index in [0.29, 0.717) is 39.8 Å². The number of carbonyl (C=O) groups excluding carboxylic acids is 2. The summed E-state index contributed by atoms with van der Waals surface area (Å²) in [5, 5.41) is 9.58. The number of rotatable bonds is 12. The van der Waals surface area contributed by atoms with Gasteiger partial charge < -0.3 is 14.4 Å². The SMILES string of the molecule is C=C(C(=O)c1ccc(OC(C)C)c(Cl)c1)C(CCC(=O)O)Cc1ccc(-c2cn(C)c(C(C)=O)n2)cc1. The smallest absolute Gasteiger partial charge is 0.303 e. The zero-order valence-electron chi connectivity index (χ0n) is 21.5. The van der Waals surface area contributed by atoms with E-state index in [9.17, 15) is 19.5 Å². The number of hydrogen-bond acceptors (Lipinski definition) is 5. The van der Waals surface area contributed by atoms with E-state index in [2.05, 4.69) is 11.6 Å². The van der Waals surface area contributed by atoms with E-state index in [4.69, 9.17) is 16.3 Å². The van der Waals surface area contributed by atoms with Crippen LogP contribution >= 0.6 is 11.6 Å². The van der Waals surface area contributed by atoms with Gasteiger partial charge in [0.05, 0.1) is 16.8 Å². The van der Waals surface area contributed by atoms with Gasteiger partial charge in [0.2, 0.25) is 0 Å². The van der Waals surface area contributed by atoms with Gasteiger partial charge in [-0.2, -0.15) is 0 Å². The average Bonchev–Trinajstić information content (AvgIpc) is 3.24. The van der Waals surface area contributed by atoms with E-state index in [0.717, 1.165) is 11.1 Å². The number of nitrogens with zero attached hydrogens (tertiary/aromatic N) is 2. The predicted molar refractivity (Wildman–Crippen MR) is 143 cm³/mol. The van der Waals surface area contributed by atoms with Crippen molar-refractivity contribution in [2.45, 2.75) is 46.1 Å². The van der Waals surface area contributed by atoms with Crippen LogP contribution in [0.15, 0.2) is 60.8 Å². The lowest BCUT2D eigenvalue weighted by Crippen LogP contribution is -2.17. The Morgan fingerprint density at radius 2 is 1.81 bits per heavy atom. The van der Waals surface area contributed by atoms with Crippen LogP contribution < -0.4 is 4.74 Å². The fraction of sp³-hybridized carbons (Fsp3) is 0.310. The molecule has 1 heterocycles. The van der Waals surface area contributed by atoms with Crippen LogP contribution in [-0.2, 0) is 18.3 Å². The van der Waals surface area contributed by atoms with Gasteiger partial charge in [-0.1, -0.05) is 42.4 Å². The normalized spacial score (nSPS) is 11.8. The number of Topliss-reactive ketones (excluding diaryl/α,β-unsaturated/α-hetero) is 2. The third-order valence-corrected chi connectivity index (χ3v) is 6.27. The first-order valence-electron chi connectivity index (χ1n) is 12.0. The standard InChI is InChI=1S/C29H31ClN2O5/c1-17(2)37-26-12-10-23(15-24(26)30)28(36)18(3)22(11-13-27(34)35)14-20-6-8-21(9-7-20)25-16-32(5)29(31-25)19(4)33/h6-10,12,15-17,22H,3,11,13-14H2,1-2,4-5H3,(H,34,35). The first kappa shape index (κ1) is 27.9. The van der Waals surface area contributed by atoms with Gasteiger partial charge >= 0.3 is 5.97 Å². The molecule has 0 amide bonds. The number of allylic oxidation sites excluding steroid dienone is 1. The Kier molecular flexibility index (Phi) is 9.05. The third-order valence-electron chi connectivity index (χ3n) is 5.97. The Balaban J connectivity index is 1.80. The summed E-state index contributed by atoms with van der Waals surface area (Å²) in [4.78, 5) is 40.7. The van der Waals surface area contributed by atoms with Crippen molar-refractivity contribution < 1.29 is 24.2 Å². The van der Waals surface area contributed by atoms with Crippen molar-refractivity contribution in [2.24, 2.45) is 13.0 Å². The first-order chi connectivity index (χ1) is 17.5. The molecule has 3 rings (SSSR count). The summed E-state index contributed by atoms with van der Waals surface area (Å²) >= 11 is 6.32. The zero-order chi connectivity index (χ0) is 27.3. The van der Waals surface area contributed by atoms with E-state index in [1.807, 2.05) is 38.1 Å². The van der Waals surface area contributed by atoms with Gasteiger partial charge in [-0.25, -0.2) is 4.98 Å². The molecule has 0 radical (unpaired) electrons. The lowest BCUT2D eigenvalue weighted by molar-refractivity contribution is -0.137. The van der Waals surface area contributed by atoms with Gasteiger partial charge in [-0.05, 0) is 61.9 Å². The number of benzene rings is 2. The number of carbonyl (C=O) groups is 3. The lowest BCUT2D eigenvalue weighted by atomic mass is 9.84. The molecule has 0 aliphatic carbocycles. The minimum Gasteiger partial charge on any atom is -0.489 e. The Labute approximate surface area is 221 Å². The fourth-order valence-electron chi connectivity index (χ4n) is 4.09. The Hall–Kier alpha value is -3.71. The Bertz CT molecular complexity index is 1320. The lowest BCUT2D eigenvalue weighted by Gasteiger charge is -2.19. The second-order valence-corrected chi connectivity index (χ2v) is 9.72. The molecule has 3 aromatic rings. The van der Waals surface area contributed by atoms with E-state index >= 15 is 0 Å². The molecule has 0 spiro atoms. The summed E-state index contributed by atoms with van der Waals surface area (Å²) < 4.78 is 7.33. The highest BCUT2D eigenvalue weighted by Crippen LogP contribution is 2.30. The molecule has 1 N–H and O–H groups in total. The second-order valence-electron chi connectivity index (χ2n) is 9.31. The van der Waals surface area contributed by atoms with E-state index in [1.165, 1.54) is 6.92 Å². The van der Waals surface area contributed by atoms with Gasteiger partial charge in [0, 0.05) is 37.7 Å². The molecular weight excluding hydrogens is 492 g/mol. The van der Waals surface area contributed by atoms with Crippen LogP contribution in [0.2, 0.25) is 5.02 Å². The number of hydrogen-bond donors (Lipinski definition) is 1. The molecular formula is C29H31ClN2O5. The van der Waals surface area contributed by atoms with Crippen molar-refractivity contribution in [3.8, 4) is 17.0 Å². The van der Waals surface area contributed by atoms with Crippen LogP contribution in [0.25, 0.3) is 11.3 Å². The van der Waals surface area contributed by atoms with Crippen LogP contribution in [-0.4, -0.2) is 38.3 Å². The second kappa shape index (κ2) is 12.0. The number of aliphatic carboxylic acids is 1. The predicted octanol–water partition coefficient (Wildman–Crippen LogP) is 6.19. The van der Waals surface area contributed by atoms with Gasteiger partial charge in [-0.15, -0.1) is 0 Å². The molecule has 194 valence electrons. The van der Waals surface area contributed by atoms with Gasteiger partial charge in [0.15, 0.2) is 17.4 Å². The number of carboxylic acids is 1. The number of ketones is 2. The van der Waals surface area contributed by atoms with Crippen molar-refractivity contribution in [2.75, 3.05) is 0 Å². The highest BCUT2D eigenvalue weighted by atomic mass is 35.5. The quantitative estimate of drug-likeness (QED) is 0.225. The zero-order valence-corrected chi connectivity index (χ0v) is 22.2. The van der Waals surface area contributed by atoms with Crippen LogP contribution in [0, 0.1) is 5.92 Å². The molecule has 7 nitrogen and oxygen atoms in total. The number of aryl methyl sites for hydroxylation is 1. The number of aromatic nitrogens is 2. The van der Waals surface area contributed by atoms with Crippen molar-refractivity contribution in [3.63, 3.8) is 0 Å². The number of carboxylic acid groups (broad SMARTS) is 1. The average molecular weight is 523 g/mol. The van der Waals surface area contributed by atoms with Crippen molar-refractivity contribution in [3.05, 3.63) is 82.8 Å². The van der Waals surface area contributed by atoms with Crippen LogP contribution in [0.5, 0.6) is 5.75 Å². The van der Waals surface area contributed by atoms with Crippen molar-refractivity contribution >= 4 is 29.1 Å². The largest absolute Gasteiger partial charge is 0.489 e. The summed E-state index contributed by atoms with van der Waals surface area (Å²) in [5.74, 6) is -0.834. The Morgan fingerprint density at radius 3 is 2.35 bits per heavy atom. The summed E-state index contributed by atoms with van der Waals surface area (Å²) in [7, 11) is 1.77. The Morgan fingerprint density at radius 1 is 1.14 bits per heavy atom. The summed E-state index contributed by atoms with van der Waals surface area (Å²) in [6.07, 6.45) is 2.37. The van der Waals surface area contributed by atoms with Crippen molar-refractivity contribution in [1.29, 1.82) is 0 Å². The maximum Gasteiger partial charge on any atom is 0.303 e. The maximum absolute atomic E-state index is 13.3. The molecule has 0 aliphatic rings. The molecule has 1 atom stereocenters. The highest BCUT2D eigenvalue weighted by molar-refractivity contribution is 6.32. The van der Waals surface area contributed by atoms with Crippen molar-refractivity contribution in [1.82, 2.24) is 9.55 Å². The minimum absolute atomic E-state index is 0.0605. The molecule has 8 heteroatoms. The summed E-state index contributed by atoms with van der Waals surface area (Å²) in [6, 6.07) is 12.5. The van der Waals surface area contributed by atoms with Crippen LogP contribution in [0.4, 0.5) is 0 Å². The third kappa shape index (κ3) is 7.17. The molecule has 37 heavy (non-hydrogen) atoms. The van der Waals surface area contributed by atoms with Crippen LogP contribution in [0.1, 0.15) is 60.2 Å².